The van der Waals surface area contributed by atoms with Gasteiger partial charge < -0.3 is 10.5 Å². The van der Waals surface area contributed by atoms with Crippen molar-refractivity contribution in [2.75, 3.05) is 6.61 Å². The van der Waals surface area contributed by atoms with Crippen LogP contribution in [0, 0.1) is 6.92 Å². The quantitative estimate of drug-likeness (QED) is 0.800. The van der Waals surface area contributed by atoms with Crippen LogP contribution < -0.4 is 5.73 Å². The van der Waals surface area contributed by atoms with Crippen LogP contribution in [0.5, 0.6) is 0 Å². The van der Waals surface area contributed by atoms with Gasteiger partial charge in [0, 0.05) is 6.04 Å². The number of rotatable bonds is 6. The Labute approximate surface area is 148 Å². The summed E-state index contributed by atoms with van der Waals surface area (Å²) in [7, 11) is -3.64. The summed E-state index contributed by atoms with van der Waals surface area (Å²) >= 11 is 0. The third kappa shape index (κ3) is 4.46. The first-order valence-electron chi connectivity index (χ1n) is 8.13. The highest BCUT2D eigenvalue weighted by Crippen LogP contribution is 2.24. The van der Waals surface area contributed by atoms with Crippen molar-refractivity contribution in [1.29, 1.82) is 0 Å². The Morgan fingerprint density at radius 3 is 2.24 bits per heavy atom. The second kappa shape index (κ2) is 7.80. The molecular weight excluding hydrogens is 338 g/mol. The maximum atomic E-state index is 12.8. The molecule has 5 nitrogen and oxygen atoms in total. The lowest BCUT2D eigenvalue weighted by atomic mass is 10.1. The summed E-state index contributed by atoms with van der Waals surface area (Å²) in [4.78, 5) is 12.2. The van der Waals surface area contributed by atoms with Gasteiger partial charge in [-0.15, -0.1) is 0 Å². The first-order valence-corrected chi connectivity index (χ1v) is 9.61. The summed E-state index contributed by atoms with van der Waals surface area (Å²) in [6.07, 6.45) is 0.688. The van der Waals surface area contributed by atoms with Crippen LogP contribution >= 0.6 is 0 Å². The minimum Gasteiger partial charge on any atom is -0.462 e. The zero-order valence-corrected chi connectivity index (χ0v) is 15.5. The van der Waals surface area contributed by atoms with Crippen LogP contribution in [0.4, 0.5) is 0 Å². The van der Waals surface area contributed by atoms with Gasteiger partial charge in [-0.25, -0.2) is 13.2 Å². The fraction of sp³-hybridized carbons (Fsp3) is 0.316. The number of sulfone groups is 1. The van der Waals surface area contributed by atoms with Crippen molar-refractivity contribution in [3.8, 4) is 0 Å². The molecule has 2 aromatic rings. The molecule has 0 saturated carbocycles. The maximum absolute atomic E-state index is 12.8. The Balaban J connectivity index is 2.33. The third-order valence-electron chi connectivity index (χ3n) is 3.79. The highest BCUT2D eigenvalue weighted by atomic mass is 32.2. The van der Waals surface area contributed by atoms with E-state index >= 15 is 0 Å². The van der Waals surface area contributed by atoms with Gasteiger partial charge in [-0.2, -0.15) is 0 Å². The molecule has 0 spiro atoms. The van der Waals surface area contributed by atoms with Crippen molar-refractivity contribution in [3.05, 3.63) is 59.2 Å². The van der Waals surface area contributed by atoms with Crippen molar-refractivity contribution in [2.24, 2.45) is 5.73 Å². The van der Waals surface area contributed by atoms with Gasteiger partial charge in [0.25, 0.3) is 0 Å². The van der Waals surface area contributed by atoms with Crippen molar-refractivity contribution in [3.63, 3.8) is 0 Å². The molecule has 0 aromatic heterocycles. The smallest absolute Gasteiger partial charge is 0.338 e. The molecule has 0 bridgehead atoms. The molecule has 6 heteroatoms. The Hall–Kier alpha value is -2.18. The first kappa shape index (κ1) is 19.1. The number of ether oxygens (including phenoxy) is 1. The standard InChI is InChI=1S/C19H23NO4S/c1-4-24-19(21)18-10-9-17(11-13(18)2)25(22,23)16-7-5-15(6-8-16)12-14(3)20/h5-11,14H,4,12,20H2,1-3H3/t14-/m1/s1. The number of hydrogen-bond donors (Lipinski definition) is 1. The third-order valence-corrected chi connectivity index (χ3v) is 5.56. The van der Waals surface area contributed by atoms with E-state index in [1.54, 1.807) is 38.1 Å². The second-order valence-electron chi connectivity index (χ2n) is 6.03. The zero-order chi connectivity index (χ0) is 18.6. The van der Waals surface area contributed by atoms with Gasteiger partial charge in [-0.05, 0) is 68.7 Å². The second-order valence-corrected chi connectivity index (χ2v) is 7.98. The van der Waals surface area contributed by atoms with Crippen LogP contribution in [0.25, 0.3) is 0 Å². The molecule has 0 saturated heterocycles. The summed E-state index contributed by atoms with van der Waals surface area (Å²) in [5.41, 5.74) is 7.68. The van der Waals surface area contributed by atoms with Crippen molar-refractivity contribution in [2.45, 2.75) is 43.0 Å². The largest absolute Gasteiger partial charge is 0.462 e. The van der Waals surface area contributed by atoms with E-state index < -0.39 is 15.8 Å². The molecule has 25 heavy (non-hydrogen) atoms. The SMILES string of the molecule is CCOC(=O)c1ccc(S(=O)(=O)c2ccc(C[C@@H](C)N)cc2)cc1C. The molecule has 0 aliphatic carbocycles. The van der Waals surface area contributed by atoms with Crippen LogP contribution in [0.15, 0.2) is 52.3 Å². The zero-order valence-electron chi connectivity index (χ0n) is 14.7. The number of carbonyl (C=O) groups is 1. The van der Waals surface area contributed by atoms with Crippen LogP contribution in [0.2, 0.25) is 0 Å². The van der Waals surface area contributed by atoms with E-state index in [1.807, 2.05) is 6.92 Å². The van der Waals surface area contributed by atoms with E-state index in [9.17, 15) is 13.2 Å². The van der Waals surface area contributed by atoms with Crippen LogP contribution in [-0.4, -0.2) is 27.0 Å². The van der Waals surface area contributed by atoms with Crippen LogP contribution in [0.3, 0.4) is 0 Å². The maximum Gasteiger partial charge on any atom is 0.338 e. The Morgan fingerprint density at radius 1 is 1.12 bits per heavy atom. The van der Waals surface area contributed by atoms with Crippen LogP contribution in [-0.2, 0) is 21.0 Å². The van der Waals surface area contributed by atoms with Gasteiger partial charge in [0.1, 0.15) is 0 Å². The predicted octanol–water partition coefficient (Wildman–Crippen LogP) is 2.89. The van der Waals surface area contributed by atoms with Gasteiger partial charge >= 0.3 is 5.97 Å². The van der Waals surface area contributed by atoms with Gasteiger partial charge in [0.05, 0.1) is 22.0 Å². The van der Waals surface area contributed by atoms with Gasteiger partial charge in [0.2, 0.25) is 9.84 Å². The molecule has 1 atom stereocenters. The van der Waals surface area contributed by atoms with Gasteiger partial charge in [-0.3, -0.25) is 0 Å². The predicted molar refractivity (Wildman–Crippen MR) is 96.4 cm³/mol. The van der Waals surface area contributed by atoms with E-state index in [0.717, 1.165) is 5.56 Å². The monoisotopic (exact) mass is 361 g/mol. The van der Waals surface area contributed by atoms with Crippen molar-refractivity contribution >= 4 is 15.8 Å². The van der Waals surface area contributed by atoms with E-state index in [0.29, 0.717) is 17.5 Å². The minimum atomic E-state index is -3.64. The molecule has 134 valence electrons. The average Bonchev–Trinajstić information content (AvgIpc) is 2.54. The molecular formula is C19H23NO4S. The number of benzene rings is 2. The molecule has 2 N–H and O–H groups in total. The number of nitrogens with two attached hydrogens (primary N) is 1. The van der Waals surface area contributed by atoms with E-state index in [2.05, 4.69) is 0 Å². The number of aryl methyl sites for hydroxylation is 1. The van der Waals surface area contributed by atoms with E-state index in [-0.39, 0.29) is 22.4 Å². The Bertz CT molecular complexity index is 855. The van der Waals surface area contributed by atoms with E-state index in [4.69, 9.17) is 10.5 Å². The molecule has 0 unspecified atom stereocenters. The van der Waals surface area contributed by atoms with Crippen LogP contribution in [0.1, 0.15) is 35.3 Å². The topological polar surface area (TPSA) is 86.5 Å². The lowest BCUT2D eigenvalue weighted by molar-refractivity contribution is 0.0525. The fourth-order valence-electron chi connectivity index (χ4n) is 2.55. The molecule has 2 aromatic carbocycles. The highest BCUT2D eigenvalue weighted by Gasteiger charge is 2.20. The van der Waals surface area contributed by atoms with Crippen molar-refractivity contribution in [1.82, 2.24) is 0 Å². The van der Waals surface area contributed by atoms with E-state index in [1.165, 1.54) is 18.2 Å². The lowest BCUT2D eigenvalue weighted by Gasteiger charge is -2.10. The average molecular weight is 361 g/mol. The summed E-state index contributed by atoms with van der Waals surface area (Å²) in [5.74, 6) is -0.454. The number of hydrogen-bond acceptors (Lipinski definition) is 5. The molecule has 0 aliphatic rings. The first-order chi connectivity index (χ1) is 11.8. The molecule has 0 heterocycles. The normalized spacial score (nSPS) is 12.6. The van der Waals surface area contributed by atoms with Gasteiger partial charge in [0.15, 0.2) is 0 Å². The van der Waals surface area contributed by atoms with Crippen molar-refractivity contribution < 1.29 is 17.9 Å². The number of esters is 1. The number of carbonyl (C=O) groups excluding carboxylic acids is 1. The Kier molecular flexibility index (Phi) is 5.98. The summed E-state index contributed by atoms with van der Waals surface area (Å²) in [6, 6.07) is 11.2. The highest BCUT2D eigenvalue weighted by molar-refractivity contribution is 7.91. The summed E-state index contributed by atoms with van der Waals surface area (Å²) < 4.78 is 30.5. The molecule has 0 aliphatic heterocycles. The Morgan fingerprint density at radius 2 is 1.72 bits per heavy atom. The fourth-order valence-corrected chi connectivity index (χ4v) is 3.90. The van der Waals surface area contributed by atoms with Gasteiger partial charge in [-0.1, -0.05) is 12.1 Å². The summed E-state index contributed by atoms with van der Waals surface area (Å²) in [5, 5.41) is 0. The molecule has 0 radical (unpaired) electrons. The molecule has 0 fully saturated rings. The minimum absolute atomic E-state index is 0.0144. The molecule has 0 amide bonds. The summed E-state index contributed by atoms with van der Waals surface area (Å²) in [6.45, 7) is 5.59. The molecule has 2 rings (SSSR count). The lowest BCUT2D eigenvalue weighted by Crippen LogP contribution is -2.17.